The van der Waals surface area contributed by atoms with Crippen LogP contribution in [0.25, 0.3) is 43.6 Å². The van der Waals surface area contributed by atoms with Crippen LogP contribution >= 0.6 is 75.1 Å². The molecule has 8 heterocycles. The molecular weight excluding hydrogens is 2030 g/mol. The molecule has 0 spiro atoms. The fourth-order valence-corrected chi connectivity index (χ4v) is 22.4. The van der Waals surface area contributed by atoms with Gasteiger partial charge >= 0.3 is 0 Å². The van der Waals surface area contributed by atoms with Gasteiger partial charge in [-0.05, 0) is 131 Å². The van der Waals surface area contributed by atoms with E-state index >= 15 is 0 Å². The number of carbonyl (C=O) groups excluding carboxylic acids is 4. The second-order valence-electron chi connectivity index (χ2n) is 29.1. The highest BCUT2D eigenvalue weighted by Crippen LogP contribution is 2.37. The summed E-state index contributed by atoms with van der Waals surface area (Å²) >= 11 is 14.7. The molecule has 39 heteroatoms. The van der Waals surface area contributed by atoms with E-state index in [0.717, 1.165) is 64.4 Å². The predicted molar refractivity (Wildman–Crippen MR) is 478 cm³/mol. The number of sulfone groups is 4. The van der Waals surface area contributed by atoms with Gasteiger partial charge in [0.2, 0.25) is 0 Å². The monoisotopic (exact) mass is 2090 g/mol. The summed E-state index contributed by atoms with van der Waals surface area (Å²) in [6.07, 6.45) is 13.5. The van der Waals surface area contributed by atoms with Crippen molar-refractivity contribution in [2.45, 2.75) is 77.9 Å². The Labute approximate surface area is 764 Å². The minimum absolute atomic E-state index is 0.00988. The molecule has 0 atom stereocenters. The predicted octanol–water partition coefficient (Wildman–Crippen LogP) is 18.1. The quantitative estimate of drug-likeness (QED) is 0.0393. The van der Waals surface area contributed by atoms with Crippen LogP contribution in [0.4, 0.5) is 35.1 Å². The molecule has 128 heavy (non-hydrogen) atoms. The van der Waals surface area contributed by atoms with Crippen molar-refractivity contribution in [3.63, 3.8) is 0 Å². The molecule has 0 bridgehead atoms. The van der Waals surface area contributed by atoms with E-state index < -0.39 is 132 Å². The van der Waals surface area contributed by atoms with Crippen LogP contribution in [0.1, 0.15) is 50.5 Å². The molecule has 0 saturated carbocycles. The smallest absolute Gasteiger partial charge is 0.187 e. The molecular formula is C89H66Br4F8N10O12S5. The Balaban J connectivity index is 0.000000146. The van der Waals surface area contributed by atoms with Crippen molar-refractivity contribution in [3.05, 3.63) is 352 Å². The van der Waals surface area contributed by atoms with Crippen LogP contribution in [0.3, 0.4) is 0 Å². The van der Waals surface area contributed by atoms with E-state index in [1.54, 1.807) is 54.2 Å². The highest BCUT2D eigenvalue weighted by Gasteiger charge is 2.33. The number of Topliss-reactive ketones (excluding diaryl/α,β-unsaturated/α-hetero) is 4. The number of hydrogen-bond donors (Lipinski definition) is 0. The molecule has 0 radical (unpaired) electrons. The third kappa shape index (κ3) is 24.0. The Bertz CT molecular complexity index is 7190. The number of ketones is 4. The number of nitrogens with zero attached hydrogens (tertiary/aromatic N) is 10. The lowest BCUT2D eigenvalue weighted by atomic mass is 10.2. The van der Waals surface area contributed by atoms with Crippen molar-refractivity contribution in [2.24, 2.45) is 0 Å². The maximum Gasteiger partial charge on any atom is 0.187 e. The number of halogens is 12. The Morgan fingerprint density at radius 1 is 0.352 bits per heavy atom. The van der Waals surface area contributed by atoms with Gasteiger partial charge in [0.25, 0.3) is 0 Å². The summed E-state index contributed by atoms with van der Waals surface area (Å²) in [6.45, 7) is 0.761. The lowest BCUT2D eigenvalue weighted by Crippen LogP contribution is -2.18. The molecule has 8 aromatic carbocycles. The first kappa shape index (κ1) is 94.3. The molecule has 8 aromatic heterocycles. The Hall–Kier alpha value is -11.3. The fourth-order valence-electron chi connectivity index (χ4n) is 14.0. The largest absolute Gasteiger partial charge is 0.342 e. The van der Waals surface area contributed by atoms with Crippen LogP contribution in [-0.2, 0) is 110 Å². The second kappa shape index (κ2) is 41.0. The lowest BCUT2D eigenvalue weighted by Gasteiger charge is -2.06. The zero-order valence-corrected chi connectivity index (χ0v) is 76.7. The molecule has 658 valence electrons. The third-order valence-electron chi connectivity index (χ3n) is 19.4. The molecule has 22 nitrogen and oxygen atoms in total. The van der Waals surface area contributed by atoms with E-state index in [1.165, 1.54) is 85.5 Å². The molecule has 16 aromatic rings. The van der Waals surface area contributed by atoms with Crippen LogP contribution in [0.15, 0.2) is 281 Å². The number of carbonyl (C=O) groups is 4. The van der Waals surface area contributed by atoms with Gasteiger partial charge in [-0.25, -0.2) is 78.8 Å². The first-order valence-electron chi connectivity index (χ1n) is 38.1. The molecule has 0 unspecified atom stereocenters. The summed E-state index contributed by atoms with van der Waals surface area (Å²) in [5, 5.41) is 6.52. The molecule has 0 N–H and O–H groups in total. The standard InChI is InChI=1S/C24H19BrF2N2O3S.2C22H16BrF2N3O3S.C21H15BrF2N2O3S2/c25-17-5-3-4-16(10-17)13-29-14-23(24-21(27)11-18(26)12-22(24)29)33(31,32)15-20(30)8-7-19-6-1-2-9-28-19;23-15-4-1-3-14(7-15)11-28-12-21(22-19(25)8-16(24)9-20(22)28)32(30,31)13-18(29)10-17-5-2-6-26-27-17;23-16-3-1-2-14(4-16)10-28-11-21(22-19(25)6-17(24)7-20(22)28)32(30,31)12-18(29)5-15-8-26-13-27-9-15;22-14-3-1-2-13(4-14)9-26-10-20(21-18(24)5-15(23)6-19(21)26)31(28,29)11-16(27)7-17-8-25-12-30-17/h1-6,9-12,14H,7-8,13,15H2;1-9,12H,10-11,13H2;1-4,6-9,11,13H,5,10,12H2;1-6,8,10,12H,7,9,11H2. The van der Waals surface area contributed by atoms with E-state index in [-0.39, 0.29) is 115 Å². The van der Waals surface area contributed by atoms with Gasteiger partial charge in [0.1, 0.15) is 81.7 Å². The number of aryl methyl sites for hydroxylation is 1. The first-order valence-corrected chi connectivity index (χ1v) is 48.7. The van der Waals surface area contributed by atoms with Crippen molar-refractivity contribution < 1.29 is 88.0 Å². The minimum Gasteiger partial charge on any atom is -0.342 e. The molecule has 0 saturated heterocycles. The first-order chi connectivity index (χ1) is 60.9. The maximum atomic E-state index is 14.7. The Morgan fingerprint density at radius 3 is 1.03 bits per heavy atom. The summed E-state index contributed by atoms with van der Waals surface area (Å²) in [5.41, 5.74) is 6.62. The molecule has 0 aliphatic heterocycles. The minimum atomic E-state index is -4.21. The van der Waals surface area contributed by atoms with Gasteiger partial charge < -0.3 is 18.3 Å². The summed E-state index contributed by atoms with van der Waals surface area (Å²) in [7, 11) is -16.7. The average molecular weight is 2100 g/mol. The van der Waals surface area contributed by atoms with Crippen LogP contribution in [0.2, 0.25) is 0 Å². The average Bonchev–Trinajstić information content (AvgIpc) is 1.62. The fraction of sp³-hybridized carbons (Fsp3) is 0.146. The normalized spacial score (nSPS) is 11.8. The number of rotatable bonds is 29. The summed E-state index contributed by atoms with van der Waals surface area (Å²) in [5.74, 6) is -12.7. The number of fused-ring (bicyclic) bond motifs is 4. The van der Waals surface area contributed by atoms with Gasteiger partial charge in [-0.1, -0.05) is 118 Å². The Kier molecular flexibility index (Phi) is 30.2. The SMILES string of the molecule is O=C(CCc1ccccn1)CS(=O)(=O)c1cn(Cc2cccc(Br)c2)c2cc(F)cc(F)c12.O=C(Cc1cccnn1)CS(=O)(=O)c1cn(Cc2cccc(Br)c2)c2cc(F)cc(F)c12.O=C(Cc1cncnc1)CS(=O)(=O)c1cn(Cc2cccc(Br)c2)c2cc(F)cc(F)c12.O=C(Cc1cncs1)CS(=O)(=O)c1cn(Cc2cccc(Br)c2)c2cc(F)cc(F)c12. The Morgan fingerprint density at radius 2 is 0.703 bits per heavy atom. The van der Waals surface area contributed by atoms with E-state index in [1.807, 2.05) is 84.9 Å². The van der Waals surface area contributed by atoms with Gasteiger partial charge in [0, 0.05) is 154 Å². The van der Waals surface area contributed by atoms with Crippen LogP contribution in [-0.4, -0.2) is 128 Å². The molecule has 0 aliphatic rings. The van der Waals surface area contributed by atoms with Crippen molar-refractivity contribution in [1.82, 2.24) is 48.4 Å². The maximum absolute atomic E-state index is 14.7. The number of hydrogen-bond acceptors (Lipinski definition) is 19. The van der Waals surface area contributed by atoms with E-state index in [9.17, 15) is 88.0 Å². The van der Waals surface area contributed by atoms with Crippen LogP contribution in [0.5, 0.6) is 0 Å². The molecule has 0 fully saturated rings. The second-order valence-corrected chi connectivity index (χ2v) is 41.6. The van der Waals surface area contributed by atoms with E-state index in [0.29, 0.717) is 52.5 Å². The van der Waals surface area contributed by atoms with E-state index in [4.69, 9.17) is 0 Å². The van der Waals surface area contributed by atoms with Crippen molar-refractivity contribution in [3.8, 4) is 0 Å². The summed E-state index contributed by atoms with van der Waals surface area (Å²) < 4.78 is 228. The summed E-state index contributed by atoms with van der Waals surface area (Å²) in [6, 6.07) is 44.4. The topological polar surface area (TPSA) is 302 Å². The number of aromatic nitrogens is 10. The number of benzene rings is 8. The molecule has 0 amide bonds. The van der Waals surface area contributed by atoms with Gasteiger partial charge in [-0.3, -0.25) is 29.1 Å². The van der Waals surface area contributed by atoms with E-state index in [2.05, 4.69) is 93.9 Å². The third-order valence-corrected chi connectivity index (χ3v) is 28.9. The van der Waals surface area contributed by atoms with Gasteiger partial charge in [-0.15, -0.1) is 11.3 Å². The van der Waals surface area contributed by atoms with Crippen molar-refractivity contribution in [2.75, 3.05) is 23.0 Å². The van der Waals surface area contributed by atoms with Gasteiger partial charge in [-0.2, -0.15) is 10.2 Å². The molecule has 0 aliphatic carbocycles. The van der Waals surface area contributed by atoms with Crippen molar-refractivity contribution in [1.29, 1.82) is 0 Å². The molecule has 16 rings (SSSR count). The number of pyridine rings is 1. The highest BCUT2D eigenvalue weighted by molar-refractivity contribution is 9.11. The lowest BCUT2D eigenvalue weighted by molar-refractivity contribution is -0.117. The van der Waals surface area contributed by atoms with Gasteiger partial charge in [0.15, 0.2) is 56.7 Å². The van der Waals surface area contributed by atoms with Crippen LogP contribution < -0.4 is 0 Å². The van der Waals surface area contributed by atoms with Crippen LogP contribution in [0, 0.1) is 46.5 Å². The van der Waals surface area contributed by atoms with Gasteiger partial charge in [0.05, 0.1) is 80.8 Å². The highest BCUT2D eigenvalue weighted by atomic mass is 79.9. The zero-order valence-electron chi connectivity index (χ0n) is 66.2. The van der Waals surface area contributed by atoms with Crippen molar-refractivity contribution >= 4 is 181 Å². The summed E-state index contributed by atoms with van der Waals surface area (Å²) in [4.78, 5) is 64.5. The zero-order chi connectivity index (χ0) is 91.5. The number of thiazole rings is 1.